The second-order valence-electron chi connectivity index (χ2n) is 3.88. The lowest BCUT2D eigenvalue weighted by molar-refractivity contribution is 0.0515. The Morgan fingerprint density at radius 2 is 2.05 bits per heavy atom. The van der Waals surface area contributed by atoms with Gasteiger partial charge in [0.15, 0.2) is 5.69 Å². The predicted molar refractivity (Wildman–Crippen MR) is 74.6 cm³/mol. The van der Waals surface area contributed by atoms with Crippen LogP contribution in [0.15, 0.2) is 35.2 Å². The fourth-order valence-corrected chi connectivity index (χ4v) is 2.69. The number of fused-ring (bicyclic) bond motifs is 1. The van der Waals surface area contributed by atoms with Gasteiger partial charge in [-0.1, -0.05) is 25.1 Å². The number of pyridine rings is 1. The summed E-state index contributed by atoms with van der Waals surface area (Å²) in [6, 6.07) is 9.19. The maximum atomic E-state index is 12.0. The van der Waals surface area contributed by atoms with E-state index in [-0.39, 0.29) is 12.3 Å². The summed E-state index contributed by atoms with van der Waals surface area (Å²) in [5, 5.41) is 0.868. The van der Waals surface area contributed by atoms with Gasteiger partial charge in [-0.3, -0.25) is 4.21 Å². The zero-order chi connectivity index (χ0) is 13.8. The van der Waals surface area contributed by atoms with Gasteiger partial charge in [-0.05, 0) is 19.1 Å². The third kappa shape index (κ3) is 2.81. The number of esters is 1. The molecule has 1 aromatic heterocycles. The van der Waals surface area contributed by atoms with Crippen molar-refractivity contribution in [3.05, 3.63) is 36.0 Å². The molecule has 5 heteroatoms. The zero-order valence-electron chi connectivity index (χ0n) is 10.9. The third-order valence-electron chi connectivity index (χ3n) is 2.67. The standard InChI is InChI=1S/C14H15NO3S/c1-3-18-14(16)13-12(19(17)4-2)9-10-7-5-6-8-11(10)15-13/h5-9H,3-4H2,1-2H3. The first-order chi connectivity index (χ1) is 9.17. The maximum Gasteiger partial charge on any atom is 0.358 e. The molecule has 100 valence electrons. The van der Waals surface area contributed by atoms with E-state index in [0.29, 0.717) is 16.2 Å². The first-order valence-corrected chi connectivity index (χ1v) is 7.44. The molecule has 0 aliphatic carbocycles. The van der Waals surface area contributed by atoms with Crippen LogP contribution in [0.5, 0.6) is 0 Å². The van der Waals surface area contributed by atoms with Gasteiger partial charge in [-0.25, -0.2) is 9.78 Å². The van der Waals surface area contributed by atoms with Gasteiger partial charge in [0.2, 0.25) is 0 Å². The number of nitrogens with zero attached hydrogens (tertiary/aromatic N) is 1. The monoisotopic (exact) mass is 277 g/mol. The average Bonchev–Trinajstić information content (AvgIpc) is 2.45. The Kier molecular flexibility index (Phi) is 4.27. The molecule has 1 heterocycles. The van der Waals surface area contributed by atoms with Crippen LogP contribution < -0.4 is 0 Å². The Morgan fingerprint density at radius 3 is 2.74 bits per heavy atom. The SMILES string of the molecule is CCOC(=O)c1nc2ccccc2cc1S(=O)CC. The molecule has 1 atom stereocenters. The topological polar surface area (TPSA) is 56.3 Å². The molecule has 0 aliphatic heterocycles. The molecule has 0 amide bonds. The summed E-state index contributed by atoms with van der Waals surface area (Å²) in [7, 11) is -1.25. The number of ether oxygens (including phenoxy) is 1. The van der Waals surface area contributed by atoms with Gasteiger partial charge in [0.1, 0.15) is 0 Å². The van der Waals surface area contributed by atoms with Gasteiger partial charge < -0.3 is 4.74 Å². The van der Waals surface area contributed by atoms with Crippen molar-refractivity contribution >= 4 is 27.7 Å². The number of benzene rings is 1. The minimum absolute atomic E-state index is 0.153. The highest BCUT2D eigenvalue weighted by molar-refractivity contribution is 7.85. The normalized spacial score (nSPS) is 12.3. The molecule has 0 bridgehead atoms. The molecule has 19 heavy (non-hydrogen) atoms. The van der Waals surface area contributed by atoms with Crippen LogP contribution in [0, 0.1) is 0 Å². The maximum absolute atomic E-state index is 12.0. The lowest BCUT2D eigenvalue weighted by atomic mass is 10.2. The van der Waals surface area contributed by atoms with E-state index in [2.05, 4.69) is 4.98 Å². The highest BCUT2D eigenvalue weighted by atomic mass is 32.2. The second-order valence-corrected chi connectivity index (χ2v) is 5.59. The highest BCUT2D eigenvalue weighted by Crippen LogP contribution is 2.20. The molecule has 2 aromatic rings. The number of carbonyl (C=O) groups excluding carboxylic acids is 1. The number of rotatable bonds is 4. The average molecular weight is 277 g/mol. The Labute approximate surface area is 114 Å². The number of para-hydroxylation sites is 1. The molecule has 0 saturated heterocycles. The molecular formula is C14H15NO3S. The van der Waals surface area contributed by atoms with Crippen molar-refractivity contribution < 1.29 is 13.7 Å². The molecule has 0 N–H and O–H groups in total. The van der Waals surface area contributed by atoms with Crippen molar-refractivity contribution in [2.45, 2.75) is 18.7 Å². The van der Waals surface area contributed by atoms with Crippen molar-refractivity contribution in [3.63, 3.8) is 0 Å². The fourth-order valence-electron chi connectivity index (χ4n) is 1.77. The van der Waals surface area contributed by atoms with Crippen LogP contribution in [-0.2, 0) is 15.5 Å². The van der Waals surface area contributed by atoms with Crippen molar-refractivity contribution in [1.82, 2.24) is 4.98 Å². The van der Waals surface area contributed by atoms with E-state index >= 15 is 0 Å². The lowest BCUT2D eigenvalue weighted by Crippen LogP contribution is -2.12. The molecule has 0 aliphatic rings. The Morgan fingerprint density at radius 1 is 1.32 bits per heavy atom. The summed E-state index contributed by atoms with van der Waals surface area (Å²) in [4.78, 5) is 16.6. The smallest absolute Gasteiger partial charge is 0.358 e. The van der Waals surface area contributed by atoms with Crippen LogP contribution in [0.3, 0.4) is 0 Å². The van der Waals surface area contributed by atoms with Crippen LogP contribution >= 0.6 is 0 Å². The fraction of sp³-hybridized carbons (Fsp3) is 0.286. The number of hydrogen-bond acceptors (Lipinski definition) is 4. The molecule has 1 aromatic carbocycles. The summed E-state index contributed by atoms with van der Waals surface area (Å²) in [5.41, 5.74) is 0.850. The van der Waals surface area contributed by atoms with Gasteiger partial charge in [-0.15, -0.1) is 0 Å². The molecule has 2 rings (SSSR count). The van der Waals surface area contributed by atoms with Crippen LogP contribution in [0.2, 0.25) is 0 Å². The zero-order valence-corrected chi connectivity index (χ0v) is 11.7. The van der Waals surface area contributed by atoms with E-state index in [1.807, 2.05) is 24.3 Å². The summed E-state index contributed by atoms with van der Waals surface area (Å²) in [6.45, 7) is 3.81. The minimum atomic E-state index is -1.25. The molecular weight excluding hydrogens is 262 g/mol. The largest absolute Gasteiger partial charge is 0.461 e. The Hall–Kier alpha value is -1.75. The van der Waals surface area contributed by atoms with Gasteiger partial charge in [-0.2, -0.15) is 0 Å². The molecule has 4 nitrogen and oxygen atoms in total. The van der Waals surface area contributed by atoms with Crippen LogP contribution in [-0.4, -0.2) is 27.5 Å². The molecule has 0 fully saturated rings. The van der Waals surface area contributed by atoms with Gasteiger partial charge in [0, 0.05) is 11.1 Å². The summed E-state index contributed by atoms with van der Waals surface area (Å²) >= 11 is 0. The molecule has 1 unspecified atom stereocenters. The summed E-state index contributed by atoms with van der Waals surface area (Å²) in [5.74, 6) is -0.0862. The van der Waals surface area contributed by atoms with E-state index in [4.69, 9.17) is 4.74 Å². The number of hydrogen-bond donors (Lipinski definition) is 0. The Bertz CT molecular complexity index is 640. The first-order valence-electron chi connectivity index (χ1n) is 6.12. The number of aromatic nitrogens is 1. The van der Waals surface area contributed by atoms with E-state index < -0.39 is 16.8 Å². The van der Waals surface area contributed by atoms with Crippen molar-refractivity contribution in [1.29, 1.82) is 0 Å². The van der Waals surface area contributed by atoms with Crippen molar-refractivity contribution in [2.75, 3.05) is 12.4 Å². The Balaban J connectivity index is 2.63. The van der Waals surface area contributed by atoms with Crippen LogP contribution in [0.4, 0.5) is 0 Å². The van der Waals surface area contributed by atoms with Gasteiger partial charge in [0.25, 0.3) is 0 Å². The van der Waals surface area contributed by atoms with E-state index in [1.54, 1.807) is 19.9 Å². The lowest BCUT2D eigenvalue weighted by Gasteiger charge is -2.08. The highest BCUT2D eigenvalue weighted by Gasteiger charge is 2.19. The van der Waals surface area contributed by atoms with Gasteiger partial charge in [0.05, 0.1) is 27.8 Å². The minimum Gasteiger partial charge on any atom is -0.461 e. The predicted octanol–water partition coefficient (Wildman–Crippen LogP) is 2.54. The van der Waals surface area contributed by atoms with Crippen LogP contribution in [0.1, 0.15) is 24.3 Å². The first kappa shape index (κ1) is 13.7. The summed E-state index contributed by atoms with van der Waals surface area (Å²) in [6.07, 6.45) is 0. The van der Waals surface area contributed by atoms with Gasteiger partial charge >= 0.3 is 5.97 Å². The molecule has 0 saturated carbocycles. The second kappa shape index (κ2) is 5.93. The van der Waals surface area contributed by atoms with Crippen molar-refractivity contribution in [3.8, 4) is 0 Å². The number of carbonyl (C=O) groups is 1. The van der Waals surface area contributed by atoms with Crippen molar-refractivity contribution in [2.24, 2.45) is 0 Å². The summed E-state index contributed by atoms with van der Waals surface area (Å²) < 4.78 is 17.0. The molecule has 0 spiro atoms. The third-order valence-corrected chi connectivity index (χ3v) is 3.99. The van der Waals surface area contributed by atoms with E-state index in [9.17, 15) is 9.00 Å². The quantitative estimate of drug-likeness (QED) is 0.806. The van der Waals surface area contributed by atoms with E-state index in [0.717, 1.165) is 5.39 Å². The molecule has 0 radical (unpaired) electrons. The van der Waals surface area contributed by atoms with E-state index in [1.165, 1.54) is 0 Å². The van der Waals surface area contributed by atoms with Crippen LogP contribution in [0.25, 0.3) is 10.9 Å².